The van der Waals surface area contributed by atoms with Gasteiger partial charge in [0.05, 0.1) is 22.0 Å². The van der Waals surface area contributed by atoms with Crippen LogP contribution in [0.3, 0.4) is 0 Å². The molecule has 1 aliphatic carbocycles. The molecule has 4 rings (SSSR count). The van der Waals surface area contributed by atoms with Gasteiger partial charge in [-0.15, -0.1) is 0 Å². The van der Waals surface area contributed by atoms with Gasteiger partial charge in [-0.2, -0.15) is 5.10 Å². The molecule has 3 aromatic rings. The molecule has 8 heteroatoms. The number of halogens is 1. The van der Waals surface area contributed by atoms with Crippen molar-refractivity contribution in [1.29, 1.82) is 0 Å². The summed E-state index contributed by atoms with van der Waals surface area (Å²) in [4.78, 5) is 12.8. The lowest BCUT2D eigenvalue weighted by molar-refractivity contribution is -0.116. The molecule has 30 heavy (non-hydrogen) atoms. The summed E-state index contributed by atoms with van der Waals surface area (Å²) in [5.74, 6) is 0.380. The summed E-state index contributed by atoms with van der Waals surface area (Å²) in [5.41, 5.74) is 2.97. The van der Waals surface area contributed by atoms with E-state index in [1.807, 2.05) is 30.3 Å². The largest absolute Gasteiger partial charge is 0.310 e. The minimum absolute atomic E-state index is 0.0991. The Bertz CT molecular complexity index is 1160. The maximum Gasteiger partial charge on any atom is 0.225 e. The molecule has 1 heterocycles. The first-order valence-corrected chi connectivity index (χ1v) is 11.9. The van der Waals surface area contributed by atoms with Crippen LogP contribution in [0.4, 0.5) is 5.82 Å². The number of para-hydroxylation sites is 1. The number of nitrogens with one attached hydrogen (secondary N) is 1. The van der Waals surface area contributed by atoms with E-state index in [1.165, 1.54) is 12.1 Å². The number of carbonyl (C=O) groups excluding carboxylic acids is 1. The number of aromatic nitrogens is 2. The van der Waals surface area contributed by atoms with Crippen LogP contribution >= 0.6 is 11.6 Å². The molecule has 156 valence electrons. The van der Waals surface area contributed by atoms with Crippen molar-refractivity contribution < 1.29 is 13.2 Å². The van der Waals surface area contributed by atoms with Gasteiger partial charge in [0.25, 0.3) is 0 Å². The fraction of sp³-hybridized carbons (Fsp3) is 0.273. The number of rotatable bonds is 7. The number of amides is 1. The highest BCUT2D eigenvalue weighted by Crippen LogP contribution is 2.31. The number of fused-ring (bicyclic) bond motifs is 1. The Morgan fingerprint density at radius 1 is 1.07 bits per heavy atom. The van der Waals surface area contributed by atoms with Crippen LogP contribution in [-0.2, 0) is 27.5 Å². The molecular weight excluding hydrogens is 422 g/mol. The Balaban J connectivity index is 1.43. The quantitative estimate of drug-likeness (QED) is 0.593. The average Bonchev–Trinajstić information content (AvgIpc) is 3.31. The summed E-state index contributed by atoms with van der Waals surface area (Å²) in [5, 5.41) is 8.13. The number of anilines is 1. The lowest BCUT2D eigenvalue weighted by Crippen LogP contribution is -2.17. The lowest BCUT2D eigenvalue weighted by Gasteiger charge is -2.11. The van der Waals surface area contributed by atoms with Gasteiger partial charge < -0.3 is 5.32 Å². The van der Waals surface area contributed by atoms with E-state index in [1.54, 1.807) is 16.8 Å². The molecule has 0 spiro atoms. The van der Waals surface area contributed by atoms with Crippen molar-refractivity contribution in [2.24, 2.45) is 0 Å². The molecule has 6 nitrogen and oxygen atoms in total. The second-order valence-corrected chi connectivity index (χ2v) is 9.84. The maximum atomic E-state index is 12.6. The first-order chi connectivity index (χ1) is 14.4. The van der Waals surface area contributed by atoms with Gasteiger partial charge in [-0.25, -0.2) is 13.1 Å². The SMILES string of the molecule is O=C(CCCS(=O)(=O)c1ccc(Cl)cc1)Nc1c2c(nn1-c1ccccc1)CCC2. The molecule has 1 aliphatic rings. The van der Waals surface area contributed by atoms with Gasteiger partial charge in [0, 0.05) is 17.0 Å². The Hall–Kier alpha value is -2.64. The first-order valence-electron chi connectivity index (χ1n) is 9.88. The molecule has 1 N–H and O–H groups in total. The van der Waals surface area contributed by atoms with Gasteiger partial charge in [0.2, 0.25) is 5.91 Å². The summed E-state index contributed by atoms with van der Waals surface area (Å²) in [7, 11) is -3.45. The predicted octanol–water partition coefficient (Wildman–Crippen LogP) is 4.21. The van der Waals surface area contributed by atoms with Crippen LogP contribution in [0.25, 0.3) is 5.69 Å². The summed E-state index contributed by atoms with van der Waals surface area (Å²) >= 11 is 5.82. The molecule has 0 radical (unpaired) electrons. The number of sulfone groups is 1. The van der Waals surface area contributed by atoms with Crippen LogP contribution < -0.4 is 5.32 Å². The molecule has 0 unspecified atom stereocenters. The third kappa shape index (κ3) is 4.42. The standard InChI is InChI=1S/C22H22ClN3O3S/c23-16-11-13-18(14-12-16)30(28,29)15-5-10-21(27)24-22-19-8-4-9-20(19)25-26(22)17-6-2-1-3-7-17/h1-3,6-7,11-14H,4-5,8-10,15H2,(H,24,27). The van der Waals surface area contributed by atoms with E-state index < -0.39 is 9.84 Å². The number of aryl methyl sites for hydroxylation is 1. The summed E-state index contributed by atoms with van der Waals surface area (Å²) in [6.07, 6.45) is 3.15. The molecule has 0 saturated carbocycles. The highest BCUT2D eigenvalue weighted by Gasteiger charge is 2.24. The second kappa shape index (κ2) is 8.62. The van der Waals surface area contributed by atoms with Crippen molar-refractivity contribution in [2.75, 3.05) is 11.1 Å². The number of benzene rings is 2. The van der Waals surface area contributed by atoms with Gasteiger partial charge >= 0.3 is 0 Å². The van der Waals surface area contributed by atoms with Gasteiger partial charge in [0.15, 0.2) is 9.84 Å². The fourth-order valence-electron chi connectivity index (χ4n) is 3.65. The smallest absolute Gasteiger partial charge is 0.225 e. The predicted molar refractivity (Wildman–Crippen MR) is 117 cm³/mol. The third-order valence-electron chi connectivity index (χ3n) is 5.16. The van der Waals surface area contributed by atoms with Crippen LogP contribution in [0.5, 0.6) is 0 Å². The Morgan fingerprint density at radius 2 is 1.80 bits per heavy atom. The minimum Gasteiger partial charge on any atom is -0.310 e. The normalized spacial score (nSPS) is 13.2. The third-order valence-corrected chi connectivity index (χ3v) is 7.22. The van der Waals surface area contributed by atoms with Gasteiger partial charge in [-0.1, -0.05) is 29.8 Å². The van der Waals surface area contributed by atoms with E-state index >= 15 is 0 Å². The van der Waals surface area contributed by atoms with E-state index in [0.29, 0.717) is 10.8 Å². The zero-order chi connectivity index (χ0) is 21.1. The van der Waals surface area contributed by atoms with E-state index in [-0.39, 0.29) is 29.4 Å². The van der Waals surface area contributed by atoms with Crippen LogP contribution in [0.2, 0.25) is 5.02 Å². The van der Waals surface area contributed by atoms with Gasteiger partial charge in [-0.3, -0.25) is 4.79 Å². The minimum atomic E-state index is -3.45. The second-order valence-electron chi connectivity index (χ2n) is 7.30. The van der Waals surface area contributed by atoms with Crippen molar-refractivity contribution >= 4 is 33.2 Å². The van der Waals surface area contributed by atoms with Crippen LogP contribution in [0.1, 0.15) is 30.5 Å². The number of carbonyl (C=O) groups is 1. The van der Waals surface area contributed by atoms with Crippen molar-refractivity contribution in [3.8, 4) is 5.69 Å². The van der Waals surface area contributed by atoms with Crippen molar-refractivity contribution in [3.05, 3.63) is 70.9 Å². The summed E-state index contributed by atoms with van der Waals surface area (Å²) < 4.78 is 26.7. The van der Waals surface area contributed by atoms with E-state index in [4.69, 9.17) is 11.6 Å². The van der Waals surface area contributed by atoms with Crippen molar-refractivity contribution in [2.45, 2.75) is 37.0 Å². The molecule has 1 amide bonds. The molecule has 0 saturated heterocycles. The van der Waals surface area contributed by atoms with E-state index in [0.717, 1.165) is 36.2 Å². The lowest BCUT2D eigenvalue weighted by atomic mass is 10.2. The van der Waals surface area contributed by atoms with Crippen LogP contribution in [0.15, 0.2) is 59.5 Å². The first kappa shape index (κ1) is 20.6. The molecule has 0 fully saturated rings. The highest BCUT2D eigenvalue weighted by molar-refractivity contribution is 7.91. The molecule has 0 atom stereocenters. The molecular formula is C22H22ClN3O3S. The van der Waals surface area contributed by atoms with Gasteiger partial charge in [0.1, 0.15) is 5.82 Å². The molecule has 1 aromatic heterocycles. The summed E-state index contributed by atoms with van der Waals surface area (Å²) in [6, 6.07) is 15.7. The number of nitrogens with zero attached hydrogens (tertiary/aromatic N) is 2. The topological polar surface area (TPSA) is 81.1 Å². The molecule has 2 aromatic carbocycles. The van der Waals surface area contributed by atoms with E-state index in [9.17, 15) is 13.2 Å². The zero-order valence-corrected chi connectivity index (χ0v) is 17.9. The van der Waals surface area contributed by atoms with Crippen molar-refractivity contribution in [3.63, 3.8) is 0 Å². The number of hydrogen-bond donors (Lipinski definition) is 1. The summed E-state index contributed by atoms with van der Waals surface area (Å²) in [6.45, 7) is 0. The monoisotopic (exact) mass is 443 g/mol. The Labute approximate surface area is 180 Å². The molecule has 0 bridgehead atoms. The maximum absolute atomic E-state index is 12.6. The van der Waals surface area contributed by atoms with E-state index in [2.05, 4.69) is 10.4 Å². The average molecular weight is 444 g/mol. The number of hydrogen-bond acceptors (Lipinski definition) is 4. The molecule has 0 aliphatic heterocycles. The Morgan fingerprint density at radius 3 is 2.53 bits per heavy atom. The zero-order valence-electron chi connectivity index (χ0n) is 16.3. The fourth-order valence-corrected chi connectivity index (χ4v) is 5.09. The van der Waals surface area contributed by atoms with Crippen LogP contribution in [-0.4, -0.2) is 29.9 Å². The van der Waals surface area contributed by atoms with Crippen LogP contribution in [0, 0.1) is 0 Å². The van der Waals surface area contributed by atoms with Crippen molar-refractivity contribution in [1.82, 2.24) is 9.78 Å². The highest BCUT2D eigenvalue weighted by atomic mass is 35.5. The Kier molecular flexibility index (Phi) is 5.92. The van der Waals surface area contributed by atoms with Gasteiger partial charge in [-0.05, 0) is 62.1 Å².